The Labute approximate surface area is 96.8 Å². The molecular weight excluding hydrogens is 202 g/mol. The van der Waals surface area contributed by atoms with Crippen molar-refractivity contribution in [3.8, 4) is 0 Å². The number of nitrogens with zero attached hydrogens (tertiary/aromatic N) is 1. The Kier molecular flexibility index (Phi) is 2.82. The second-order valence-corrected chi connectivity index (χ2v) is 5.97. The van der Waals surface area contributed by atoms with Crippen LogP contribution in [-0.4, -0.2) is 16.9 Å². The Balaban J connectivity index is 2.30. The van der Waals surface area contributed by atoms with E-state index in [1.165, 1.54) is 12.8 Å². The first kappa shape index (κ1) is 11.6. The summed E-state index contributed by atoms with van der Waals surface area (Å²) >= 11 is 0. The van der Waals surface area contributed by atoms with Crippen LogP contribution in [0.4, 0.5) is 0 Å². The molecule has 0 bridgehead atoms. The zero-order valence-corrected chi connectivity index (χ0v) is 10.4. The molecule has 1 saturated carbocycles. The molecule has 1 aliphatic carbocycles. The first-order valence-electron chi connectivity index (χ1n) is 6.06. The van der Waals surface area contributed by atoms with Gasteiger partial charge in [0.05, 0.1) is 12.3 Å². The first-order valence-corrected chi connectivity index (χ1v) is 6.06. The number of hydrogen-bond donors (Lipinski definition) is 1. The molecule has 0 radical (unpaired) electrons. The van der Waals surface area contributed by atoms with Crippen LogP contribution >= 0.6 is 0 Å². The molecule has 0 saturated heterocycles. The maximum absolute atomic E-state index is 9.60. The molecule has 0 amide bonds. The van der Waals surface area contributed by atoms with Crippen molar-refractivity contribution in [2.45, 2.75) is 57.3 Å². The topological polar surface area (TPSA) is 46.3 Å². The number of rotatable bonds is 2. The molecule has 3 heteroatoms. The van der Waals surface area contributed by atoms with E-state index in [-0.39, 0.29) is 17.4 Å². The highest BCUT2D eigenvalue weighted by Crippen LogP contribution is 2.41. The molecule has 0 atom stereocenters. The van der Waals surface area contributed by atoms with Crippen LogP contribution in [-0.2, 0) is 10.8 Å². The fourth-order valence-corrected chi connectivity index (χ4v) is 2.43. The van der Waals surface area contributed by atoms with Gasteiger partial charge in [0.15, 0.2) is 0 Å². The minimum absolute atomic E-state index is 0.0134. The van der Waals surface area contributed by atoms with Crippen LogP contribution in [0, 0.1) is 0 Å². The second kappa shape index (κ2) is 3.88. The predicted octanol–water partition coefficient (Wildman–Crippen LogP) is 2.78. The maximum Gasteiger partial charge on any atom is 0.142 e. The van der Waals surface area contributed by atoms with Crippen molar-refractivity contribution in [3.63, 3.8) is 0 Å². The minimum Gasteiger partial charge on any atom is -0.395 e. The maximum atomic E-state index is 9.60. The minimum atomic E-state index is -0.132. The van der Waals surface area contributed by atoms with E-state index in [0.29, 0.717) is 0 Å². The highest BCUT2D eigenvalue weighted by molar-refractivity contribution is 5.22. The van der Waals surface area contributed by atoms with Crippen LogP contribution in [0.25, 0.3) is 0 Å². The standard InChI is InChI=1S/C13H21NO2/c1-12(2,3)11-8-10(14-16-11)13(9-15)6-4-5-7-13/h8,15H,4-7,9H2,1-3H3. The summed E-state index contributed by atoms with van der Waals surface area (Å²) in [6.07, 6.45) is 4.41. The summed E-state index contributed by atoms with van der Waals surface area (Å²) in [5.74, 6) is 0.905. The summed E-state index contributed by atoms with van der Waals surface area (Å²) in [4.78, 5) is 0. The molecule has 1 N–H and O–H groups in total. The Morgan fingerprint density at radius 3 is 2.44 bits per heavy atom. The number of hydrogen-bond acceptors (Lipinski definition) is 3. The van der Waals surface area contributed by atoms with Gasteiger partial charge in [0.1, 0.15) is 5.76 Å². The molecule has 1 aromatic heterocycles. The van der Waals surface area contributed by atoms with Gasteiger partial charge in [-0.2, -0.15) is 0 Å². The van der Waals surface area contributed by atoms with Gasteiger partial charge in [0.2, 0.25) is 0 Å². The fourth-order valence-electron chi connectivity index (χ4n) is 2.43. The Hall–Kier alpha value is -0.830. The average Bonchev–Trinajstić information content (AvgIpc) is 2.86. The van der Waals surface area contributed by atoms with Gasteiger partial charge < -0.3 is 9.63 Å². The molecule has 0 spiro atoms. The van der Waals surface area contributed by atoms with Crippen molar-refractivity contribution in [1.82, 2.24) is 5.16 Å². The highest BCUT2D eigenvalue weighted by atomic mass is 16.5. The van der Waals surface area contributed by atoms with Gasteiger partial charge in [-0.3, -0.25) is 0 Å². The molecule has 1 heterocycles. The molecule has 1 aromatic rings. The summed E-state index contributed by atoms with van der Waals surface area (Å²) in [5.41, 5.74) is 0.797. The molecule has 1 fully saturated rings. The van der Waals surface area contributed by atoms with E-state index >= 15 is 0 Å². The third-order valence-electron chi connectivity index (χ3n) is 3.66. The van der Waals surface area contributed by atoms with Crippen LogP contribution in [0.5, 0.6) is 0 Å². The van der Waals surface area contributed by atoms with Crippen LogP contribution in [0.3, 0.4) is 0 Å². The SMILES string of the molecule is CC(C)(C)c1cc(C2(CO)CCCC2)no1. The van der Waals surface area contributed by atoms with E-state index in [0.717, 1.165) is 24.3 Å². The van der Waals surface area contributed by atoms with Crippen molar-refractivity contribution >= 4 is 0 Å². The number of aliphatic hydroxyl groups excluding tert-OH is 1. The van der Waals surface area contributed by atoms with E-state index in [1.54, 1.807) is 0 Å². The molecular formula is C13H21NO2. The summed E-state index contributed by atoms with van der Waals surface area (Å²) in [7, 11) is 0. The van der Waals surface area contributed by atoms with E-state index < -0.39 is 0 Å². The first-order chi connectivity index (χ1) is 7.48. The van der Waals surface area contributed by atoms with Crippen LogP contribution in [0.1, 0.15) is 57.9 Å². The van der Waals surface area contributed by atoms with Gasteiger partial charge in [-0.25, -0.2) is 0 Å². The largest absolute Gasteiger partial charge is 0.395 e. The van der Waals surface area contributed by atoms with Gasteiger partial charge >= 0.3 is 0 Å². The molecule has 16 heavy (non-hydrogen) atoms. The third kappa shape index (κ3) is 1.88. The van der Waals surface area contributed by atoms with E-state index in [9.17, 15) is 5.11 Å². The van der Waals surface area contributed by atoms with E-state index in [2.05, 4.69) is 25.9 Å². The third-order valence-corrected chi connectivity index (χ3v) is 3.66. The summed E-state index contributed by atoms with van der Waals surface area (Å²) in [5, 5.41) is 13.8. The Morgan fingerprint density at radius 2 is 2.00 bits per heavy atom. The van der Waals surface area contributed by atoms with Crippen LogP contribution in [0.15, 0.2) is 10.6 Å². The monoisotopic (exact) mass is 223 g/mol. The van der Waals surface area contributed by atoms with Crippen LogP contribution < -0.4 is 0 Å². The lowest BCUT2D eigenvalue weighted by Gasteiger charge is -2.23. The van der Waals surface area contributed by atoms with E-state index in [1.807, 2.05) is 6.07 Å². The van der Waals surface area contributed by atoms with E-state index in [4.69, 9.17) is 4.52 Å². The molecule has 0 unspecified atom stereocenters. The van der Waals surface area contributed by atoms with Crippen molar-refractivity contribution in [2.24, 2.45) is 0 Å². The molecule has 90 valence electrons. The molecule has 3 nitrogen and oxygen atoms in total. The van der Waals surface area contributed by atoms with Crippen molar-refractivity contribution in [3.05, 3.63) is 17.5 Å². The highest BCUT2D eigenvalue weighted by Gasteiger charge is 2.38. The van der Waals surface area contributed by atoms with Gasteiger partial charge in [-0.1, -0.05) is 38.8 Å². The summed E-state index contributed by atoms with van der Waals surface area (Å²) in [6, 6.07) is 2.03. The summed E-state index contributed by atoms with van der Waals surface area (Å²) < 4.78 is 5.41. The molecule has 1 aliphatic rings. The zero-order chi connectivity index (χ0) is 11.8. The lowest BCUT2D eigenvalue weighted by molar-refractivity contribution is 0.187. The zero-order valence-electron chi connectivity index (χ0n) is 10.4. The van der Waals surface area contributed by atoms with Crippen molar-refractivity contribution in [1.29, 1.82) is 0 Å². The smallest absolute Gasteiger partial charge is 0.142 e. The van der Waals surface area contributed by atoms with Gasteiger partial charge in [-0.15, -0.1) is 0 Å². The normalized spacial score (nSPS) is 20.2. The number of aliphatic hydroxyl groups is 1. The molecule has 0 aromatic carbocycles. The quantitative estimate of drug-likeness (QED) is 0.838. The number of aromatic nitrogens is 1. The van der Waals surface area contributed by atoms with Gasteiger partial charge in [0, 0.05) is 16.9 Å². The lowest BCUT2D eigenvalue weighted by atomic mass is 9.82. The lowest BCUT2D eigenvalue weighted by Crippen LogP contribution is -2.27. The van der Waals surface area contributed by atoms with Gasteiger partial charge in [0.25, 0.3) is 0 Å². The van der Waals surface area contributed by atoms with Crippen LogP contribution in [0.2, 0.25) is 0 Å². The second-order valence-electron chi connectivity index (χ2n) is 5.97. The average molecular weight is 223 g/mol. The fraction of sp³-hybridized carbons (Fsp3) is 0.769. The van der Waals surface area contributed by atoms with Crippen molar-refractivity contribution in [2.75, 3.05) is 6.61 Å². The predicted molar refractivity (Wildman–Crippen MR) is 62.4 cm³/mol. The molecule has 2 rings (SSSR count). The Bertz CT molecular complexity index is 356. The van der Waals surface area contributed by atoms with Gasteiger partial charge in [-0.05, 0) is 12.8 Å². The summed E-state index contributed by atoms with van der Waals surface area (Å²) in [6.45, 7) is 6.51. The Morgan fingerprint density at radius 1 is 1.38 bits per heavy atom. The molecule has 0 aliphatic heterocycles. The van der Waals surface area contributed by atoms with Crippen molar-refractivity contribution < 1.29 is 9.63 Å².